The molecule has 0 amide bonds. The average molecular weight is 430 g/mol. The van der Waals surface area contributed by atoms with Gasteiger partial charge in [-0.1, -0.05) is 47.5 Å². The molecule has 0 aliphatic carbocycles. The minimum atomic E-state index is -3.82. The van der Waals surface area contributed by atoms with Crippen molar-refractivity contribution in [2.45, 2.75) is 4.90 Å². The normalized spacial score (nSPS) is 11.5. The number of hydrogen-bond donors (Lipinski definition) is 1. The maximum Gasteiger partial charge on any atom is 0.263 e. The van der Waals surface area contributed by atoms with Gasteiger partial charge in [-0.2, -0.15) is 0 Å². The van der Waals surface area contributed by atoms with E-state index in [1.807, 2.05) is 30.3 Å². The molecule has 0 radical (unpaired) electrons. The highest BCUT2D eigenvalue weighted by Crippen LogP contribution is 2.34. The van der Waals surface area contributed by atoms with Gasteiger partial charge in [0, 0.05) is 29.0 Å². The Morgan fingerprint density at radius 1 is 0.893 bits per heavy atom. The maximum atomic E-state index is 12.6. The third-order valence-electron chi connectivity index (χ3n) is 4.16. The second kappa shape index (κ2) is 7.39. The Hall–Kier alpha value is -2.67. The largest absolute Gasteiger partial charge is 0.280 e. The first-order valence-corrected chi connectivity index (χ1v) is 10.5. The first-order valence-electron chi connectivity index (χ1n) is 8.22. The van der Waals surface area contributed by atoms with Crippen molar-refractivity contribution < 1.29 is 8.42 Å². The van der Waals surface area contributed by atoms with E-state index in [1.54, 1.807) is 24.4 Å². The smallest absolute Gasteiger partial charge is 0.263 e. The van der Waals surface area contributed by atoms with Gasteiger partial charge in [-0.15, -0.1) is 0 Å². The fraction of sp³-hybridized carbons (Fsp3) is 0. The zero-order valence-electron chi connectivity index (χ0n) is 14.3. The Morgan fingerprint density at radius 3 is 2.50 bits per heavy atom. The van der Waals surface area contributed by atoms with E-state index >= 15 is 0 Å². The summed E-state index contributed by atoms with van der Waals surface area (Å²) >= 11 is 12.1. The van der Waals surface area contributed by atoms with Gasteiger partial charge in [0.1, 0.15) is 10.0 Å². The van der Waals surface area contributed by atoms with E-state index in [2.05, 4.69) is 14.7 Å². The van der Waals surface area contributed by atoms with Crippen LogP contribution in [0.3, 0.4) is 0 Å². The molecular weight excluding hydrogens is 417 g/mol. The number of hydrogen-bond acceptors (Lipinski definition) is 4. The van der Waals surface area contributed by atoms with Crippen LogP contribution in [0.4, 0.5) is 5.69 Å². The summed E-state index contributed by atoms with van der Waals surface area (Å²) in [6.45, 7) is 0. The summed E-state index contributed by atoms with van der Waals surface area (Å²) in [5.41, 5.74) is 1.68. The summed E-state index contributed by atoms with van der Waals surface area (Å²) in [4.78, 5) is 8.28. The quantitative estimate of drug-likeness (QED) is 0.440. The van der Waals surface area contributed by atoms with Crippen LogP contribution in [0.15, 0.2) is 78.0 Å². The molecule has 0 aliphatic heterocycles. The average Bonchev–Trinajstić information content (AvgIpc) is 2.69. The molecule has 1 N–H and O–H groups in total. The summed E-state index contributed by atoms with van der Waals surface area (Å²) in [5, 5.41) is 2.63. The van der Waals surface area contributed by atoms with Crippen molar-refractivity contribution >= 4 is 49.7 Å². The number of rotatable bonds is 4. The van der Waals surface area contributed by atoms with Gasteiger partial charge in [-0.25, -0.2) is 13.4 Å². The SMILES string of the molecule is O=S(=O)(Nc1ccc(Cl)c(-c2nccc3ccccc23)c1)c1ccc(Cl)nc1. The maximum absolute atomic E-state index is 12.6. The Bertz CT molecular complexity index is 1270. The van der Waals surface area contributed by atoms with Crippen LogP contribution in [-0.4, -0.2) is 18.4 Å². The second-order valence-electron chi connectivity index (χ2n) is 6.00. The number of pyridine rings is 2. The van der Waals surface area contributed by atoms with Crippen LogP contribution in [0.25, 0.3) is 22.0 Å². The van der Waals surface area contributed by atoms with E-state index in [0.29, 0.717) is 22.0 Å². The summed E-state index contributed by atoms with van der Waals surface area (Å²) < 4.78 is 27.8. The van der Waals surface area contributed by atoms with Crippen LogP contribution in [0.1, 0.15) is 0 Å². The van der Waals surface area contributed by atoms with Crippen molar-refractivity contribution in [3.63, 3.8) is 0 Å². The van der Waals surface area contributed by atoms with Gasteiger partial charge in [-0.05, 0) is 41.8 Å². The number of nitrogens with one attached hydrogen (secondary N) is 1. The molecule has 0 atom stereocenters. The van der Waals surface area contributed by atoms with E-state index in [0.717, 1.165) is 10.8 Å². The van der Waals surface area contributed by atoms with Gasteiger partial charge >= 0.3 is 0 Å². The Labute approximate surface area is 172 Å². The molecule has 140 valence electrons. The molecule has 0 aliphatic rings. The number of sulfonamides is 1. The summed E-state index contributed by atoms with van der Waals surface area (Å²) in [6, 6.07) is 17.4. The van der Waals surface area contributed by atoms with Crippen molar-refractivity contribution in [2.75, 3.05) is 4.72 Å². The monoisotopic (exact) mass is 429 g/mol. The molecule has 0 fully saturated rings. The third kappa shape index (κ3) is 3.67. The minimum absolute atomic E-state index is 0.0108. The van der Waals surface area contributed by atoms with Crippen molar-refractivity contribution in [3.8, 4) is 11.3 Å². The van der Waals surface area contributed by atoms with E-state index in [9.17, 15) is 8.42 Å². The van der Waals surface area contributed by atoms with Crippen LogP contribution in [0.2, 0.25) is 10.2 Å². The number of anilines is 1. The Kier molecular flexibility index (Phi) is 4.93. The number of benzene rings is 2. The van der Waals surface area contributed by atoms with Crippen molar-refractivity contribution in [1.82, 2.24) is 9.97 Å². The molecule has 28 heavy (non-hydrogen) atoms. The zero-order valence-corrected chi connectivity index (χ0v) is 16.6. The number of fused-ring (bicyclic) bond motifs is 1. The zero-order chi connectivity index (χ0) is 19.7. The van der Waals surface area contributed by atoms with Gasteiger partial charge in [0.25, 0.3) is 10.0 Å². The summed E-state index contributed by atoms with van der Waals surface area (Å²) in [6.07, 6.45) is 2.90. The fourth-order valence-corrected chi connectivity index (χ4v) is 4.15. The molecule has 0 bridgehead atoms. The van der Waals surface area contributed by atoms with Gasteiger partial charge in [0.2, 0.25) is 0 Å². The lowest BCUT2D eigenvalue weighted by Crippen LogP contribution is -2.13. The lowest BCUT2D eigenvalue weighted by atomic mass is 10.0. The first kappa shape index (κ1) is 18.7. The van der Waals surface area contributed by atoms with Crippen molar-refractivity contribution in [2.24, 2.45) is 0 Å². The van der Waals surface area contributed by atoms with E-state index in [4.69, 9.17) is 23.2 Å². The Balaban J connectivity index is 1.76. The molecule has 0 spiro atoms. The molecule has 4 rings (SSSR count). The van der Waals surface area contributed by atoms with Gasteiger partial charge in [0.05, 0.1) is 10.7 Å². The highest BCUT2D eigenvalue weighted by molar-refractivity contribution is 7.92. The lowest BCUT2D eigenvalue weighted by molar-refractivity contribution is 0.601. The van der Waals surface area contributed by atoms with E-state index in [-0.39, 0.29) is 10.0 Å². The van der Waals surface area contributed by atoms with Gasteiger partial charge in [-0.3, -0.25) is 9.71 Å². The second-order valence-corrected chi connectivity index (χ2v) is 8.47. The van der Waals surface area contributed by atoms with Crippen LogP contribution in [0.5, 0.6) is 0 Å². The number of halogens is 2. The van der Waals surface area contributed by atoms with Crippen LogP contribution < -0.4 is 4.72 Å². The van der Waals surface area contributed by atoms with Crippen LogP contribution >= 0.6 is 23.2 Å². The molecule has 2 aromatic carbocycles. The summed E-state index contributed by atoms with van der Waals surface area (Å²) in [5.74, 6) is 0. The topological polar surface area (TPSA) is 72.0 Å². The molecule has 4 aromatic rings. The highest BCUT2D eigenvalue weighted by atomic mass is 35.5. The van der Waals surface area contributed by atoms with Crippen molar-refractivity contribution in [3.05, 3.63) is 83.2 Å². The fourth-order valence-electron chi connectivity index (χ4n) is 2.84. The predicted molar refractivity (Wildman–Crippen MR) is 112 cm³/mol. The van der Waals surface area contributed by atoms with Crippen LogP contribution in [0, 0.1) is 0 Å². The van der Waals surface area contributed by atoms with Crippen LogP contribution in [-0.2, 0) is 10.0 Å². The molecule has 5 nitrogen and oxygen atoms in total. The highest BCUT2D eigenvalue weighted by Gasteiger charge is 2.17. The van der Waals surface area contributed by atoms with E-state index < -0.39 is 10.0 Å². The van der Waals surface area contributed by atoms with Gasteiger partial charge < -0.3 is 0 Å². The molecule has 0 unspecified atom stereocenters. The molecule has 2 aromatic heterocycles. The molecule has 0 saturated heterocycles. The molecule has 2 heterocycles. The molecule has 0 saturated carbocycles. The predicted octanol–water partition coefficient (Wildman–Crippen LogP) is 5.40. The number of aromatic nitrogens is 2. The Morgan fingerprint density at radius 2 is 1.71 bits per heavy atom. The molecular formula is C20H13Cl2N3O2S. The first-order chi connectivity index (χ1) is 13.4. The number of nitrogens with zero attached hydrogens (tertiary/aromatic N) is 2. The standard InChI is InChI=1S/C20H13Cl2N3O2S/c21-18-7-5-14(25-28(26,27)15-6-8-19(22)24-12-15)11-17(18)20-16-4-2-1-3-13(16)9-10-23-20/h1-12,25H. The minimum Gasteiger partial charge on any atom is -0.280 e. The summed E-state index contributed by atoms with van der Waals surface area (Å²) in [7, 11) is -3.82. The molecule has 8 heteroatoms. The third-order valence-corrected chi connectivity index (χ3v) is 6.08. The van der Waals surface area contributed by atoms with Crippen molar-refractivity contribution in [1.29, 1.82) is 0 Å². The lowest BCUT2D eigenvalue weighted by Gasteiger charge is -2.12. The van der Waals surface area contributed by atoms with Gasteiger partial charge in [0.15, 0.2) is 0 Å². The van der Waals surface area contributed by atoms with E-state index in [1.165, 1.54) is 18.3 Å².